The van der Waals surface area contributed by atoms with Crippen LogP contribution in [0.5, 0.6) is 0 Å². The Balaban J connectivity index is 1.87. The fourth-order valence-corrected chi connectivity index (χ4v) is 3.27. The first-order valence-corrected chi connectivity index (χ1v) is 8.77. The Morgan fingerprint density at radius 1 is 1.24 bits per heavy atom. The van der Waals surface area contributed by atoms with Gasteiger partial charge in [-0.25, -0.2) is 4.99 Å². The van der Waals surface area contributed by atoms with Crippen LogP contribution in [0.15, 0.2) is 29.3 Å². The smallest absolute Gasteiger partial charge is 0.251 e. The highest BCUT2D eigenvalue weighted by Gasteiger charge is 2.24. The third-order valence-corrected chi connectivity index (χ3v) is 4.56. The molecular formula is C18H27N5O2. The van der Waals surface area contributed by atoms with E-state index in [-0.39, 0.29) is 30.4 Å². The Kier molecular flexibility index (Phi) is 6.80. The molecule has 2 amide bonds. The number of hydrogen-bond donors (Lipinski definition) is 4. The van der Waals surface area contributed by atoms with Crippen LogP contribution < -0.4 is 22.1 Å². The Labute approximate surface area is 148 Å². The van der Waals surface area contributed by atoms with E-state index in [2.05, 4.69) is 22.5 Å². The lowest BCUT2D eigenvalue weighted by Crippen LogP contribution is -2.46. The van der Waals surface area contributed by atoms with E-state index >= 15 is 0 Å². The number of carbonyl (C=O) groups excluding carboxylic acids is 2. The summed E-state index contributed by atoms with van der Waals surface area (Å²) in [4.78, 5) is 28.2. The highest BCUT2D eigenvalue weighted by molar-refractivity contribution is 5.97. The van der Waals surface area contributed by atoms with E-state index in [1.54, 1.807) is 24.3 Å². The van der Waals surface area contributed by atoms with Crippen LogP contribution in [0.2, 0.25) is 0 Å². The number of carbonyl (C=O) groups is 2. The fourth-order valence-electron chi connectivity index (χ4n) is 3.27. The summed E-state index contributed by atoms with van der Waals surface area (Å²) >= 11 is 0. The Hall–Kier alpha value is -2.57. The van der Waals surface area contributed by atoms with E-state index in [0.717, 1.165) is 25.7 Å². The molecule has 0 radical (unpaired) electrons. The van der Waals surface area contributed by atoms with Gasteiger partial charge in [0.25, 0.3) is 5.91 Å². The zero-order valence-corrected chi connectivity index (χ0v) is 14.6. The van der Waals surface area contributed by atoms with Gasteiger partial charge in [0.2, 0.25) is 5.91 Å². The molecule has 1 aliphatic carbocycles. The molecule has 0 aliphatic heterocycles. The van der Waals surface area contributed by atoms with Crippen molar-refractivity contribution in [2.24, 2.45) is 22.4 Å². The molecule has 0 spiro atoms. The molecule has 6 N–H and O–H groups in total. The van der Waals surface area contributed by atoms with Gasteiger partial charge in [-0.1, -0.05) is 32.3 Å². The lowest BCUT2D eigenvalue weighted by Gasteiger charge is -2.31. The van der Waals surface area contributed by atoms with Crippen LogP contribution in [-0.2, 0) is 4.79 Å². The lowest BCUT2D eigenvalue weighted by molar-refractivity contribution is -0.121. The van der Waals surface area contributed by atoms with Crippen LogP contribution in [-0.4, -0.2) is 30.4 Å². The Bertz CT molecular complexity index is 640. The van der Waals surface area contributed by atoms with Crippen molar-refractivity contribution in [2.75, 3.05) is 6.54 Å². The van der Waals surface area contributed by atoms with Gasteiger partial charge in [-0.05, 0) is 37.0 Å². The minimum absolute atomic E-state index is 0.0434. The molecule has 7 heteroatoms. The minimum Gasteiger partial charge on any atom is -0.370 e. The summed E-state index contributed by atoms with van der Waals surface area (Å²) in [7, 11) is 0. The van der Waals surface area contributed by atoms with Gasteiger partial charge in [0.05, 0.1) is 12.2 Å². The highest BCUT2D eigenvalue weighted by Crippen LogP contribution is 2.26. The quantitative estimate of drug-likeness (QED) is 0.460. The molecule has 1 fully saturated rings. The zero-order chi connectivity index (χ0) is 18.2. The van der Waals surface area contributed by atoms with Gasteiger partial charge >= 0.3 is 0 Å². The highest BCUT2D eigenvalue weighted by atomic mass is 16.2. The largest absolute Gasteiger partial charge is 0.370 e. The van der Waals surface area contributed by atoms with Gasteiger partial charge in [0, 0.05) is 11.6 Å². The van der Waals surface area contributed by atoms with Crippen molar-refractivity contribution in [2.45, 2.75) is 45.1 Å². The Morgan fingerprint density at radius 3 is 2.72 bits per heavy atom. The van der Waals surface area contributed by atoms with E-state index < -0.39 is 0 Å². The number of nitrogens with two attached hydrogens (primary N) is 2. The van der Waals surface area contributed by atoms with Gasteiger partial charge < -0.3 is 22.1 Å². The van der Waals surface area contributed by atoms with E-state index in [1.807, 2.05) is 0 Å². The van der Waals surface area contributed by atoms with E-state index in [9.17, 15) is 9.59 Å². The maximum atomic E-state index is 12.2. The predicted molar refractivity (Wildman–Crippen MR) is 98.4 cm³/mol. The molecule has 1 aliphatic rings. The van der Waals surface area contributed by atoms with Gasteiger partial charge in [0.15, 0.2) is 5.96 Å². The summed E-state index contributed by atoms with van der Waals surface area (Å²) in [5.74, 6) is -0.0304. The first-order chi connectivity index (χ1) is 12.0. The van der Waals surface area contributed by atoms with Crippen molar-refractivity contribution in [3.8, 4) is 0 Å². The number of guanidine groups is 1. The molecule has 0 saturated heterocycles. The maximum absolute atomic E-state index is 12.2. The van der Waals surface area contributed by atoms with Crippen molar-refractivity contribution in [3.05, 3.63) is 29.8 Å². The van der Waals surface area contributed by atoms with Gasteiger partial charge in [-0.2, -0.15) is 0 Å². The van der Waals surface area contributed by atoms with Crippen LogP contribution in [0.3, 0.4) is 0 Å². The fraction of sp³-hybridized carbons (Fsp3) is 0.500. The lowest BCUT2D eigenvalue weighted by atomic mass is 9.83. The molecule has 1 saturated carbocycles. The minimum atomic E-state index is -0.335. The summed E-state index contributed by atoms with van der Waals surface area (Å²) < 4.78 is 0. The first kappa shape index (κ1) is 18.8. The topological polar surface area (TPSA) is 123 Å². The van der Waals surface area contributed by atoms with Crippen LogP contribution in [0.1, 0.15) is 49.4 Å². The Morgan fingerprint density at radius 2 is 2.00 bits per heavy atom. The van der Waals surface area contributed by atoms with Crippen molar-refractivity contribution in [1.29, 1.82) is 0 Å². The molecule has 7 nitrogen and oxygen atoms in total. The van der Waals surface area contributed by atoms with Crippen LogP contribution in [0.4, 0.5) is 5.69 Å². The first-order valence-electron chi connectivity index (χ1n) is 8.77. The molecule has 2 unspecified atom stereocenters. The predicted octanol–water partition coefficient (Wildman–Crippen LogP) is 1.41. The van der Waals surface area contributed by atoms with Gasteiger partial charge in [-0.15, -0.1) is 0 Å². The van der Waals surface area contributed by atoms with Gasteiger partial charge in [-0.3, -0.25) is 9.59 Å². The average molecular weight is 345 g/mol. The number of amides is 2. The molecule has 0 aromatic heterocycles. The molecule has 136 valence electrons. The molecule has 1 aromatic carbocycles. The summed E-state index contributed by atoms with van der Waals surface area (Å²) in [5, 5.41) is 5.70. The molecule has 2 atom stereocenters. The monoisotopic (exact) mass is 345 g/mol. The number of aliphatic imine (C=N–C) groups is 1. The SMILES string of the molecule is CCC1CCCCC1NC(=O)CNC(=O)c1cccc(N=C(N)N)c1. The summed E-state index contributed by atoms with van der Waals surface area (Å²) in [6.07, 6.45) is 5.61. The molecule has 1 aromatic rings. The van der Waals surface area contributed by atoms with Crippen molar-refractivity contribution < 1.29 is 9.59 Å². The number of nitrogens with zero attached hydrogens (tertiary/aromatic N) is 1. The second kappa shape index (κ2) is 9.05. The standard InChI is InChI=1S/C18H27N5O2/c1-2-12-6-3-4-9-15(12)23-16(24)11-21-17(25)13-7-5-8-14(10-13)22-18(19)20/h5,7-8,10,12,15H,2-4,6,9,11H2,1H3,(H,21,25)(H,23,24)(H4,19,20,22). The van der Waals surface area contributed by atoms with Crippen LogP contribution >= 0.6 is 0 Å². The summed E-state index contributed by atoms with van der Waals surface area (Å²) in [6, 6.07) is 6.81. The van der Waals surface area contributed by atoms with Crippen molar-refractivity contribution in [1.82, 2.24) is 10.6 Å². The molecular weight excluding hydrogens is 318 g/mol. The summed E-state index contributed by atoms with van der Waals surface area (Å²) in [5.41, 5.74) is 11.6. The normalized spacial score (nSPS) is 19.7. The number of benzene rings is 1. The van der Waals surface area contributed by atoms with E-state index in [0.29, 0.717) is 17.2 Å². The van der Waals surface area contributed by atoms with Crippen molar-refractivity contribution >= 4 is 23.5 Å². The maximum Gasteiger partial charge on any atom is 0.251 e. The number of nitrogens with one attached hydrogen (secondary N) is 2. The molecule has 25 heavy (non-hydrogen) atoms. The molecule has 0 bridgehead atoms. The number of rotatable bonds is 6. The van der Waals surface area contributed by atoms with Crippen LogP contribution in [0.25, 0.3) is 0 Å². The summed E-state index contributed by atoms with van der Waals surface area (Å²) in [6.45, 7) is 2.11. The molecule has 0 heterocycles. The van der Waals surface area contributed by atoms with E-state index in [1.165, 1.54) is 6.42 Å². The second-order valence-corrected chi connectivity index (χ2v) is 6.40. The van der Waals surface area contributed by atoms with Gasteiger partial charge in [0.1, 0.15) is 0 Å². The number of hydrogen-bond acceptors (Lipinski definition) is 3. The van der Waals surface area contributed by atoms with Crippen molar-refractivity contribution in [3.63, 3.8) is 0 Å². The zero-order valence-electron chi connectivity index (χ0n) is 14.6. The second-order valence-electron chi connectivity index (χ2n) is 6.40. The molecule has 2 rings (SSSR count). The third kappa shape index (κ3) is 5.77. The van der Waals surface area contributed by atoms with E-state index in [4.69, 9.17) is 11.5 Å². The average Bonchev–Trinajstić information content (AvgIpc) is 2.60. The third-order valence-electron chi connectivity index (χ3n) is 4.56. The van der Waals surface area contributed by atoms with Crippen LogP contribution in [0, 0.1) is 5.92 Å².